The van der Waals surface area contributed by atoms with Crippen molar-refractivity contribution in [2.75, 3.05) is 0 Å². The highest BCUT2D eigenvalue weighted by Gasteiger charge is 2.65. The van der Waals surface area contributed by atoms with Crippen molar-refractivity contribution in [3.63, 3.8) is 0 Å². The van der Waals surface area contributed by atoms with Crippen LogP contribution in [-0.4, -0.2) is 23.7 Å². The van der Waals surface area contributed by atoms with E-state index < -0.39 is 48.2 Å². The molecule has 0 bridgehead atoms. The zero-order chi connectivity index (χ0) is 16.7. The summed E-state index contributed by atoms with van der Waals surface area (Å²) in [4.78, 5) is 0. The van der Waals surface area contributed by atoms with Crippen molar-refractivity contribution in [2.45, 2.75) is 44.5 Å². The second-order valence-electron chi connectivity index (χ2n) is 4.37. The molecule has 0 aromatic rings. The summed E-state index contributed by atoms with van der Waals surface area (Å²) in [6.45, 7) is -0.903. The largest absolute Gasteiger partial charge is 0.318 e. The molecule has 10 heteroatoms. The van der Waals surface area contributed by atoms with Gasteiger partial charge >= 0.3 is 17.8 Å². The van der Waals surface area contributed by atoms with Crippen LogP contribution in [0.25, 0.3) is 0 Å². The van der Waals surface area contributed by atoms with Crippen LogP contribution < -0.4 is 0 Å². The molecule has 0 fully saturated rings. The number of allylic oxidation sites excluding steroid dienone is 2. The Morgan fingerprint density at radius 3 is 1.35 bits per heavy atom. The lowest BCUT2D eigenvalue weighted by molar-refractivity contribution is -0.260. The van der Waals surface area contributed by atoms with Gasteiger partial charge in [0.15, 0.2) is 0 Å². The molecule has 0 radical (unpaired) electrons. The molecule has 120 valence electrons. The Labute approximate surface area is 107 Å². The van der Waals surface area contributed by atoms with Crippen LogP contribution in [0.15, 0.2) is 11.7 Å². The van der Waals surface area contributed by atoms with Gasteiger partial charge in [0.25, 0.3) is 5.92 Å². The minimum absolute atomic E-state index is 0.196. The van der Waals surface area contributed by atoms with E-state index in [9.17, 15) is 43.9 Å². The third-order valence-corrected chi connectivity index (χ3v) is 2.54. The predicted molar refractivity (Wildman–Crippen MR) is 49.5 cm³/mol. The second kappa shape index (κ2) is 5.10. The first-order valence-electron chi connectivity index (χ1n) is 5.04. The summed E-state index contributed by atoms with van der Waals surface area (Å²) in [5.74, 6) is -31.2. The lowest BCUT2D eigenvalue weighted by Crippen LogP contribution is -2.50. The van der Waals surface area contributed by atoms with Gasteiger partial charge in [-0.1, -0.05) is 6.92 Å². The molecule has 0 saturated carbocycles. The van der Waals surface area contributed by atoms with Gasteiger partial charge in [0.1, 0.15) is 0 Å². The molecule has 0 nitrogen and oxygen atoms in total. The average Bonchev–Trinajstić information content (AvgIpc) is 2.22. The van der Waals surface area contributed by atoms with Crippen LogP contribution in [0.5, 0.6) is 0 Å². The first-order valence-corrected chi connectivity index (χ1v) is 5.04. The second-order valence-corrected chi connectivity index (χ2v) is 4.37. The molecule has 0 aromatic carbocycles. The molecular formula is C10H10F10. The smallest absolute Gasteiger partial charge is 0.202 e. The Balaban J connectivity index is 5.79. The van der Waals surface area contributed by atoms with Gasteiger partial charge < -0.3 is 0 Å². The van der Waals surface area contributed by atoms with Crippen LogP contribution in [0.4, 0.5) is 43.9 Å². The SMILES string of the molecule is C[C@H](C(F)(F)/C(F)=C(\F)C(C)(F)F)C(F)(F)C(C)(F)F. The predicted octanol–water partition coefficient (Wildman–Crippen LogP) is 5.35. The van der Waals surface area contributed by atoms with Crippen LogP contribution in [0.1, 0.15) is 20.8 Å². The zero-order valence-electron chi connectivity index (χ0n) is 10.4. The highest BCUT2D eigenvalue weighted by Crippen LogP contribution is 2.50. The lowest BCUT2D eigenvalue weighted by Gasteiger charge is -2.33. The van der Waals surface area contributed by atoms with E-state index in [4.69, 9.17) is 0 Å². The highest BCUT2D eigenvalue weighted by molar-refractivity contribution is 5.18. The van der Waals surface area contributed by atoms with Crippen molar-refractivity contribution < 1.29 is 43.9 Å². The van der Waals surface area contributed by atoms with Gasteiger partial charge in [-0.2, -0.15) is 26.3 Å². The maximum absolute atomic E-state index is 13.2. The van der Waals surface area contributed by atoms with E-state index in [2.05, 4.69) is 0 Å². The van der Waals surface area contributed by atoms with E-state index in [0.29, 0.717) is 0 Å². The number of rotatable bonds is 5. The molecule has 0 aliphatic heterocycles. The number of hydrogen-bond acceptors (Lipinski definition) is 0. The van der Waals surface area contributed by atoms with Crippen LogP contribution in [0, 0.1) is 5.92 Å². The Bertz CT molecular complexity index is 384. The monoisotopic (exact) mass is 320 g/mol. The van der Waals surface area contributed by atoms with Crippen molar-refractivity contribution in [1.82, 2.24) is 0 Å². The number of halogens is 10. The first-order chi connectivity index (χ1) is 8.47. The Morgan fingerprint density at radius 1 is 0.750 bits per heavy atom. The molecule has 0 aliphatic rings. The van der Waals surface area contributed by atoms with E-state index >= 15 is 0 Å². The van der Waals surface area contributed by atoms with Crippen molar-refractivity contribution in [1.29, 1.82) is 0 Å². The van der Waals surface area contributed by atoms with Gasteiger partial charge in [0.05, 0.1) is 5.92 Å². The minimum Gasteiger partial charge on any atom is -0.202 e. The molecule has 1 atom stereocenters. The van der Waals surface area contributed by atoms with Crippen molar-refractivity contribution in [3.05, 3.63) is 11.7 Å². The summed E-state index contributed by atoms with van der Waals surface area (Å²) >= 11 is 0. The maximum atomic E-state index is 13.2. The van der Waals surface area contributed by atoms with Gasteiger partial charge in [0.2, 0.25) is 11.7 Å². The molecule has 0 aliphatic carbocycles. The molecule has 20 heavy (non-hydrogen) atoms. The third kappa shape index (κ3) is 3.38. The standard InChI is InChI=1S/C10H10F10/c1-4(10(19,20)8(3,15)16)9(17,18)6(12)5(11)7(2,13)14/h4H,1-3H3/b6-5+/t4-/m1/s1. The van der Waals surface area contributed by atoms with Crippen LogP contribution in [0.2, 0.25) is 0 Å². The summed E-state index contributed by atoms with van der Waals surface area (Å²) in [5.41, 5.74) is 0. The molecule has 0 heterocycles. The molecule has 0 unspecified atom stereocenters. The van der Waals surface area contributed by atoms with E-state index in [1.165, 1.54) is 0 Å². The van der Waals surface area contributed by atoms with Crippen LogP contribution in [0.3, 0.4) is 0 Å². The van der Waals surface area contributed by atoms with E-state index in [0.717, 1.165) is 0 Å². The molecule has 0 saturated heterocycles. The Hall–Kier alpha value is -0.960. The van der Waals surface area contributed by atoms with Crippen molar-refractivity contribution >= 4 is 0 Å². The van der Waals surface area contributed by atoms with Gasteiger partial charge in [-0.15, -0.1) is 0 Å². The van der Waals surface area contributed by atoms with E-state index in [1.807, 2.05) is 0 Å². The fraction of sp³-hybridized carbons (Fsp3) is 0.800. The van der Waals surface area contributed by atoms with Gasteiger partial charge in [-0.05, 0) is 0 Å². The lowest BCUT2D eigenvalue weighted by atomic mass is 9.90. The fourth-order valence-corrected chi connectivity index (χ4v) is 1.14. The summed E-state index contributed by atoms with van der Waals surface area (Å²) in [7, 11) is 0. The Morgan fingerprint density at radius 2 is 1.10 bits per heavy atom. The topological polar surface area (TPSA) is 0 Å². The van der Waals surface area contributed by atoms with Crippen LogP contribution >= 0.6 is 0 Å². The summed E-state index contributed by atoms with van der Waals surface area (Å²) in [6.07, 6.45) is 0. The van der Waals surface area contributed by atoms with Crippen molar-refractivity contribution in [2.24, 2.45) is 5.92 Å². The highest BCUT2D eigenvalue weighted by atomic mass is 19.3. The van der Waals surface area contributed by atoms with Crippen LogP contribution in [-0.2, 0) is 0 Å². The molecule has 0 amide bonds. The van der Waals surface area contributed by atoms with Crippen molar-refractivity contribution in [3.8, 4) is 0 Å². The molecule has 0 N–H and O–H groups in total. The van der Waals surface area contributed by atoms with Gasteiger partial charge in [-0.25, -0.2) is 17.6 Å². The maximum Gasteiger partial charge on any atom is 0.318 e. The molecule has 0 rings (SSSR count). The number of hydrogen-bond donors (Lipinski definition) is 0. The molecular weight excluding hydrogens is 310 g/mol. The van der Waals surface area contributed by atoms with Gasteiger partial charge in [-0.3, -0.25) is 0 Å². The first kappa shape index (κ1) is 19.0. The van der Waals surface area contributed by atoms with Gasteiger partial charge in [0, 0.05) is 13.8 Å². The summed E-state index contributed by atoms with van der Waals surface area (Å²) in [6, 6.07) is 0. The summed E-state index contributed by atoms with van der Waals surface area (Å²) < 4.78 is 128. The fourth-order valence-electron chi connectivity index (χ4n) is 1.14. The number of alkyl halides is 8. The van der Waals surface area contributed by atoms with E-state index in [1.54, 1.807) is 0 Å². The molecule has 0 aromatic heterocycles. The quantitative estimate of drug-likeness (QED) is 0.599. The molecule has 0 spiro atoms. The Kier molecular flexibility index (Phi) is 4.86. The normalized spacial score (nSPS) is 17.9. The minimum atomic E-state index is -5.54. The zero-order valence-corrected chi connectivity index (χ0v) is 10.4. The summed E-state index contributed by atoms with van der Waals surface area (Å²) in [5, 5.41) is 0. The van der Waals surface area contributed by atoms with E-state index in [-0.39, 0.29) is 13.8 Å². The average molecular weight is 320 g/mol. The third-order valence-electron chi connectivity index (χ3n) is 2.54.